The van der Waals surface area contributed by atoms with Crippen molar-refractivity contribution in [1.82, 2.24) is 10.2 Å². The molecule has 0 aromatic heterocycles. The SMILES string of the molecule is O=C(COc1ccccc1F)NCCN1C(=O)CSC1=S. The van der Waals surface area contributed by atoms with E-state index in [9.17, 15) is 14.0 Å². The zero-order valence-electron chi connectivity index (χ0n) is 11.0. The van der Waals surface area contributed by atoms with Gasteiger partial charge >= 0.3 is 0 Å². The summed E-state index contributed by atoms with van der Waals surface area (Å²) in [5, 5.41) is 2.59. The summed E-state index contributed by atoms with van der Waals surface area (Å²) in [7, 11) is 0. The Morgan fingerprint density at radius 3 is 2.90 bits per heavy atom. The molecule has 2 amide bonds. The minimum atomic E-state index is -0.518. The lowest BCUT2D eigenvalue weighted by Crippen LogP contribution is -2.38. The Morgan fingerprint density at radius 2 is 2.24 bits per heavy atom. The molecule has 8 heteroatoms. The third kappa shape index (κ3) is 4.40. The zero-order chi connectivity index (χ0) is 15.2. The van der Waals surface area contributed by atoms with Gasteiger partial charge in [-0.05, 0) is 12.1 Å². The van der Waals surface area contributed by atoms with E-state index in [-0.39, 0.29) is 30.7 Å². The summed E-state index contributed by atoms with van der Waals surface area (Å²) >= 11 is 6.33. The van der Waals surface area contributed by atoms with Crippen molar-refractivity contribution < 1.29 is 18.7 Å². The molecule has 112 valence electrons. The van der Waals surface area contributed by atoms with Crippen LogP contribution in [0.15, 0.2) is 24.3 Å². The predicted octanol–water partition coefficient (Wildman–Crippen LogP) is 1.18. The van der Waals surface area contributed by atoms with Gasteiger partial charge < -0.3 is 10.1 Å². The van der Waals surface area contributed by atoms with Gasteiger partial charge in [0.05, 0.1) is 5.75 Å². The zero-order valence-corrected chi connectivity index (χ0v) is 12.6. The van der Waals surface area contributed by atoms with E-state index in [1.165, 1.54) is 34.9 Å². The van der Waals surface area contributed by atoms with E-state index in [0.717, 1.165) is 0 Å². The van der Waals surface area contributed by atoms with E-state index < -0.39 is 5.82 Å². The molecule has 21 heavy (non-hydrogen) atoms. The number of benzene rings is 1. The summed E-state index contributed by atoms with van der Waals surface area (Å²) < 4.78 is 18.9. The number of hydrogen-bond donors (Lipinski definition) is 1. The second kappa shape index (κ2) is 7.37. The topological polar surface area (TPSA) is 58.6 Å². The number of rotatable bonds is 6. The first-order valence-corrected chi connectivity index (χ1v) is 7.58. The van der Waals surface area contributed by atoms with E-state index in [4.69, 9.17) is 17.0 Å². The summed E-state index contributed by atoms with van der Waals surface area (Å²) in [5.41, 5.74) is 0. The smallest absolute Gasteiger partial charge is 0.258 e. The van der Waals surface area contributed by atoms with Crippen LogP contribution in [-0.4, -0.2) is 46.5 Å². The van der Waals surface area contributed by atoms with E-state index in [1.54, 1.807) is 6.07 Å². The number of nitrogens with zero attached hydrogens (tertiary/aromatic N) is 1. The van der Waals surface area contributed by atoms with Crippen LogP contribution in [-0.2, 0) is 9.59 Å². The molecule has 1 heterocycles. The minimum absolute atomic E-state index is 0.0277. The van der Waals surface area contributed by atoms with E-state index in [0.29, 0.717) is 16.6 Å². The molecule has 2 rings (SSSR count). The van der Waals surface area contributed by atoms with Gasteiger partial charge in [-0.15, -0.1) is 0 Å². The number of halogens is 1. The molecule has 0 atom stereocenters. The summed E-state index contributed by atoms with van der Waals surface area (Å²) in [4.78, 5) is 24.5. The fourth-order valence-corrected chi connectivity index (χ4v) is 2.78. The van der Waals surface area contributed by atoms with Crippen LogP contribution >= 0.6 is 24.0 Å². The standard InChI is InChI=1S/C13H13FN2O3S2/c14-9-3-1-2-4-10(9)19-7-11(17)15-5-6-16-12(18)8-21-13(16)20/h1-4H,5-8H2,(H,15,17). The monoisotopic (exact) mass is 328 g/mol. The highest BCUT2D eigenvalue weighted by molar-refractivity contribution is 8.23. The number of nitrogens with one attached hydrogen (secondary N) is 1. The molecule has 0 radical (unpaired) electrons. The van der Waals surface area contributed by atoms with E-state index >= 15 is 0 Å². The van der Waals surface area contributed by atoms with Gasteiger partial charge in [0.15, 0.2) is 18.2 Å². The van der Waals surface area contributed by atoms with Crippen molar-refractivity contribution in [1.29, 1.82) is 0 Å². The lowest BCUT2D eigenvalue weighted by molar-refractivity contribution is -0.125. The molecule has 0 saturated carbocycles. The van der Waals surface area contributed by atoms with Crippen LogP contribution in [0, 0.1) is 5.82 Å². The molecule has 0 bridgehead atoms. The highest BCUT2D eigenvalue weighted by Gasteiger charge is 2.25. The Morgan fingerprint density at radius 1 is 1.48 bits per heavy atom. The maximum Gasteiger partial charge on any atom is 0.258 e. The number of hydrogen-bond acceptors (Lipinski definition) is 5. The van der Waals surface area contributed by atoms with Crippen molar-refractivity contribution in [3.63, 3.8) is 0 Å². The quantitative estimate of drug-likeness (QED) is 0.795. The van der Waals surface area contributed by atoms with Crippen molar-refractivity contribution in [3.8, 4) is 5.75 Å². The number of thioether (sulfide) groups is 1. The average Bonchev–Trinajstić information content (AvgIpc) is 2.78. The van der Waals surface area contributed by atoms with Gasteiger partial charge in [-0.3, -0.25) is 14.5 Å². The first-order valence-electron chi connectivity index (χ1n) is 6.19. The predicted molar refractivity (Wildman–Crippen MR) is 81.7 cm³/mol. The Balaban J connectivity index is 1.69. The molecule has 0 aliphatic carbocycles. The van der Waals surface area contributed by atoms with Crippen LogP contribution in [0.3, 0.4) is 0 Å². The maximum atomic E-state index is 13.3. The van der Waals surface area contributed by atoms with Gasteiger partial charge in [0.2, 0.25) is 5.91 Å². The molecule has 0 unspecified atom stereocenters. The number of para-hydroxylation sites is 1. The van der Waals surface area contributed by atoms with Crippen LogP contribution in [0.1, 0.15) is 0 Å². The van der Waals surface area contributed by atoms with Gasteiger partial charge in [-0.25, -0.2) is 4.39 Å². The Labute approximate surface area is 130 Å². The lowest BCUT2D eigenvalue weighted by atomic mass is 10.3. The van der Waals surface area contributed by atoms with Crippen molar-refractivity contribution in [2.75, 3.05) is 25.4 Å². The molecule has 1 saturated heterocycles. The van der Waals surface area contributed by atoms with E-state index in [2.05, 4.69) is 5.32 Å². The van der Waals surface area contributed by atoms with Crippen molar-refractivity contribution in [3.05, 3.63) is 30.1 Å². The molecule has 1 N–H and O–H groups in total. The molecular weight excluding hydrogens is 315 g/mol. The van der Waals surface area contributed by atoms with Crippen LogP contribution in [0.4, 0.5) is 4.39 Å². The molecule has 5 nitrogen and oxygen atoms in total. The molecule has 0 spiro atoms. The number of carbonyl (C=O) groups excluding carboxylic acids is 2. The second-order valence-corrected chi connectivity index (χ2v) is 5.78. The number of amides is 2. The Kier molecular flexibility index (Phi) is 5.51. The van der Waals surface area contributed by atoms with Crippen molar-refractivity contribution >= 4 is 40.1 Å². The lowest BCUT2D eigenvalue weighted by Gasteiger charge is -2.15. The second-order valence-electron chi connectivity index (χ2n) is 4.17. The first kappa shape index (κ1) is 15.7. The van der Waals surface area contributed by atoms with Gasteiger partial charge in [-0.1, -0.05) is 36.1 Å². The van der Waals surface area contributed by atoms with Crippen LogP contribution in [0.2, 0.25) is 0 Å². The number of carbonyl (C=O) groups is 2. The number of thiocarbonyl (C=S) groups is 1. The summed E-state index contributed by atoms with van der Waals surface area (Å²) in [5.74, 6) is -0.580. The molecule has 1 aliphatic rings. The summed E-state index contributed by atoms with van der Waals surface area (Å²) in [6, 6.07) is 5.86. The molecule has 1 aromatic rings. The minimum Gasteiger partial charge on any atom is -0.481 e. The largest absolute Gasteiger partial charge is 0.481 e. The highest BCUT2D eigenvalue weighted by atomic mass is 32.2. The third-order valence-corrected chi connectivity index (χ3v) is 4.13. The Hall–Kier alpha value is -1.67. The van der Waals surface area contributed by atoms with Gasteiger partial charge in [0.25, 0.3) is 5.91 Å². The average molecular weight is 328 g/mol. The van der Waals surface area contributed by atoms with E-state index in [1.807, 2.05) is 0 Å². The van der Waals surface area contributed by atoms with Gasteiger partial charge in [-0.2, -0.15) is 0 Å². The van der Waals surface area contributed by atoms with Crippen molar-refractivity contribution in [2.24, 2.45) is 0 Å². The Bertz CT molecular complexity index is 552. The van der Waals surface area contributed by atoms with Crippen molar-refractivity contribution in [2.45, 2.75) is 0 Å². The molecule has 1 aliphatic heterocycles. The molecule has 1 fully saturated rings. The van der Waals surface area contributed by atoms with Crippen LogP contribution < -0.4 is 10.1 Å². The normalized spacial score (nSPS) is 14.4. The molecular formula is C13H13FN2O3S2. The van der Waals surface area contributed by atoms with Gasteiger partial charge in [0.1, 0.15) is 4.32 Å². The summed E-state index contributed by atoms with van der Waals surface area (Å²) in [6.45, 7) is 0.316. The maximum absolute atomic E-state index is 13.3. The highest BCUT2D eigenvalue weighted by Crippen LogP contribution is 2.18. The van der Waals surface area contributed by atoms with Gasteiger partial charge in [0, 0.05) is 13.1 Å². The van der Waals surface area contributed by atoms with Crippen LogP contribution in [0.25, 0.3) is 0 Å². The third-order valence-electron chi connectivity index (χ3n) is 2.69. The van der Waals surface area contributed by atoms with Crippen LogP contribution in [0.5, 0.6) is 5.75 Å². The molecule has 1 aromatic carbocycles. The fraction of sp³-hybridized carbons (Fsp3) is 0.308. The number of ether oxygens (including phenoxy) is 1. The first-order chi connectivity index (χ1) is 10.1. The summed E-state index contributed by atoms with van der Waals surface area (Å²) in [6.07, 6.45) is 0. The fourth-order valence-electron chi connectivity index (χ4n) is 1.66.